The minimum absolute atomic E-state index is 0.0805. The molecular weight excluding hydrogens is 295 g/mol. The van der Waals surface area contributed by atoms with Gasteiger partial charge < -0.3 is 10.2 Å². The van der Waals surface area contributed by atoms with Crippen LogP contribution in [0.1, 0.15) is 54.6 Å². The lowest BCUT2D eigenvalue weighted by atomic mass is 9.83. The quantitative estimate of drug-likeness (QED) is 0.849. The molecule has 0 radical (unpaired) electrons. The number of benzene rings is 1. The van der Waals surface area contributed by atoms with Gasteiger partial charge in [-0.15, -0.1) is 0 Å². The van der Waals surface area contributed by atoms with Crippen molar-refractivity contribution in [3.05, 3.63) is 28.6 Å². The molecule has 124 valence electrons. The van der Waals surface area contributed by atoms with E-state index in [-0.39, 0.29) is 11.3 Å². The zero-order valence-electron chi connectivity index (χ0n) is 13.7. The molecule has 0 bridgehead atoms. The van der Waals surface area contributed by atoms with E-state index >= 15 is 0 Å². The average Bonchev–Trinajstić information content (AvgIpc) is 2.84. The summed E-state index contributed by atoms with van der Waals surface area (Å²) in [7, 11) is 0. The number of nitrogens with zero attached hydrogens (tertiary/aromatic N) is 1. The lowest BCUT2D eigenvalue weighted by molar-refractivity contribution is -0.112. The van der Waals surface area contributed by atoms with Gasteiger partial charge >= 0.3 is 0 Å². The summed E-state index contributed by atoms with van der Waals surface area (Å²) in [6.45, 7) is 6.39. The normalized spacial score (nSPS) is 19.7. The van der Waals surface area contributed by atoms with Crippen LogP contribution in [0.5, 0.6) is 0 Å². The SMILES string of the molecule is CCCN(CCC)C1CCc2cc(F)c3c(c2C1)C(=O)C(=O)N3. The van der Waals surface area contributed by atoms with Crippen molar-refractivity contribution in [1.29, 1.82) is 0 Å². The number of rotatable bonds is 5. The van der Waals surface area contributed by atoms with Gasteiger partial charge in [0.05, 0.1) is 11.3 Å². The predicted molar refractivity (Wildman–Crippen MR) is 87.3 cm³/mol. The Balaban J connectivity index is 1.96. The zero-order chi connectivity index (χ0) is 16.6. The molecule has 0 saturated carbocycles. The molecule has 1 aromatic rings. The first-order chi connectivity index (χ1) is 11.1. The predicted octanol–water partition coefficient (Wildman–Crippen LogP) is 2.94. The van der Waals surface area contributed by atoms with Crippen molar-refractivity contribution in [3.63, 3.8) is 0 Å². The fourth-order valence-electron chi connectivity index (χ4n) is 3.88. The van der Waals surface area contributed by atoms with Gasteiger partial charge in [0.2, 0.25) is 0 Å². The fourth-order valence-corrected chi connectivity index (χ4v) is 3.88. The van der Waals surface area contributed by atoms with E-state index in [1.165, 1.54) is 6.07 Å². The van der Waals surface area contributed by atoms with Crippen LogP contribution in [0.4, 0.5) is 10.1 Å². The molecule has 0 spiro atoms. The standard InChI is InChI=1S/C18H23FN2O2/c1-3-7-21(8-4-2)12-6-5-11-9-14(19)16-15(13(11)10-12)17(22)18(23)20-16/h9,12H,3-8,10H2,1-2H3,(H,20,22,23). The first-order valence-electron chi connectivity index (χ1n) is 8.50. The first kappa shape index (κ1) is 16.1. The van der Waals surface area contributed by atoms with E-state index in [1.54, 1.807) is 0 Å². The van der Waals surface area contributed by atoms with Crippen molar-refractivity contribution in [2.24, 2.45) is 0 Å². The number of halogens is 1. The lowest BCUT2D eigenvalue weighted by Crippen LogP contribution is -2.40. The van der Waals surface area contributed by atoms with Gasteiger partial charge in [-0.3, -0.25) is 9.59 Å². The van der Waals surface area contributed by atoms with Gasteiger partial charge in [0, 0.05) is 6.04 Å². The Kier molecular flexibility index (Phi) is 4.48. The number of ketones is 1. The average molecular weight is 318 g/mol. The van der Waals surface area contributed by atoms with Crippen LogP contribution >= 0.6 is 0 Å². The second-order valence-electron chi connectivity index (χ2n) is 6.46. The van der Waals surface area contributed by atoms with Gasteiger partial charge in [0.25, 0.3) is 11.7 Å². The smallest absolute Gasteiger partial charge is 0.296 e. The highest BCUT2D eigenvalue weighted by molar-refractivity contribution is 6.52. The van der Waals surface area contributed by atoms with Crippen molar-refractivity contribution < 1.29 is 14.0 Å². The van der Waals surface area contributed by atoms with Crippen LogP contribution in [0.2, 0.25) is 0 Å². The summed E-state index contributed by atoms with van der Waals surface area (Å²) in [5.41, 5.74) is 2.12. The summed E-state index contributed by atoms with van der Waals surface area (Å²) < 4.78 is 14.1. The number of aryl methyl sites for hydroxylation is 1. The maximum atomic E-state index is 14.1. The number of Topliss-reactive ketones (excluding diaryl/α,β-unsaturated/α-hetero) is 1. The van der Waals surface area contributed by atoms with Gasteiger partial charge in [0.1, 0.15) is 5.82 Å². The third kappa shape index (κ3) is 2.78. The summed E-state index contributed by atoms with van der Waals surface area (Å²) in [6, 6.07) is 1.85. The third-order valence-electron chi connectivity index (χ3n) is 4.88. The maximum absolute atomic E-state index is 14.1. The number of amides is 1. The zero-order valence-corrected chi connectivity index (χ0v) is 13.7. The van der Waals surface area contributed by atoms with Gasteiger partial charge in [-0.2, -0.15) is 0 Å². The van der Waals surface area contributed by atoms with Crippen molar-refractivity contribution in [3.8, 4) is 0 Å². The highest BCUT2D eigenvalue weighted by Crippen LogP contribution is 2.36. The highest BCUT2D eigenvalue weighted by Gasteiger charge is 2.37. The lowest BCUT2D eigenvalue weighted by Gasteiger charge is -2.35. The summed E-state index contributed by atoms with van der Waals surface area (Å²) in [6.07, 6.45) is 4.63. The van der Waals surface area contributed by atoms with Crippen molar-refractivity contribution >= 4 is 17.4 Å². The van der Waals surface area contributed by atoms with E-state index in [4.69, 9.17) is 0 Å². The molecule has 1 amide bonds. The monoisotopic (exact) mass is 318 g/mol. The molecule has 1 atom stereocenters. The molecule has 0 fully saturated rings. The minimum atomic E-state index is -0.714. The van der Waals surface area contributed by atoms with Gasteiger partial charge in [-0.05, 0) is 62.4 Å². The molecule has 1 aliphatic heterocycles. The molecule has 5 heteroatoms. The Labute approximate surface area is 136 Å². The number of nitrogens with one attached hydrogen (secondary N) is 1. The van der Waals surface area contributed by atoms with E-state index < -0.39 is 17.5 Å². The summed E-state index contributed by atoms with van der Waals surface area (Å²) >= 11 is 0. The molecule has 3 rings (SSSR count). The highest BCUT2D eigenvalue weighted by atomic mass is 19.1. The Morgan fingerprint density at radius 3 is 2.61 bits per heavy atom. The summed E-state index contributed by atoms with van der Waals surface area (Å²) in [5.74, 6) is -1.79. The van der Waals surface area contributed by atoms with Crippen LogP contribution in [0.25, 0.3) is 0 Å². The van der Waals surface area contributed by atoms with Gasteiger partial charge in [-0.25, -0.2) is 4.39 Å². The number of anilines is 1. The molecule has 4 nitrogen and oxygen atoms in total. The molecule has 1 N–H and O–H groups in total. The molecule has 0 aromatic heterocycles. The largest absolute Gasteiger partial charge is 0.316 e. The number of carbonyl (C=O) groups is 2. The third-order valence-corrected chi connectivity index (χ3v) is 4.88. The van der Waals surface area contributed by atoms with Crippen LogP contribution in [0.15, 0.2) is 6.07 Å². The second-order valence-corrected chi connectivity index (χ2v) is 6.46. The molecule has 2 aliphatic rings. The van der Waals surface area contributed by atoms with Crippen LogP contribution in [0.3, 0.4) is 0 Å². The summed E-state index contributed by atoms with van der Waals surface area (Å²) in [4.78, 5) is 26.3. The van der Waals surface area contributed by atoms with E-state index in [2.05, 4.69) is 24.1 Å². The van der Waals surface area contributed by atoms with Gasteiger partial charge in [-0.1, -0.05) is 13.8 Å². The van der Waals surface area contributed by atoms with Crippen molar-refractivity contribution in [1.82, 2.24) is 4.90 Å². The topological polar surface area (TPSA) is 49.4 Å². The Hall–Kier alpha value is -1.75. The molecular formula is C18H23FN2O2. The number of fused-ring (bicyclic) bond motifs is 3. The number of hydrogen-bond donors (Lipinski definition) is 1. The van der Waals surface area contributed by atoms with Crippen molar-refractivity contribution in [2.45, 2.75) is 52.0 Å². The molecule has 1 heterocycles. The van der Waals surface area contributed by atoms with E-state index in [0.717, 1.165) is 56.3 Å². The number of carbonyl (C=O) groups excluding carboxylic acids is 2. The van der Waals surface area contributed by atoms with Crippen LogP contribution in [0, 0.1) is 5.82 Å². The molecule has 1 unspecified atom stereocenters. The van der Waals surface area contributed by atoms with E-state index in [1.807, 2.05) is 0 Å². The van der Waals surface area contributed by atoms with Crippen LogP contribution < -0.4 is 5.32 Å². The fraction of sp³-hybridized carbons (Fsp3) is 0.556. The van der Waals surface area contributed by atoms with Crippen molar-refractivity contribution in [2.75, 3.05) is 18.4 Å². The first-order valence-corrected chi connectivity index (χ1v) is 8.50. The van der Waals surface area contributed by atoms with E-state index in [0.29, 0.717) is 6.04 Å². The van der Waals surface area contributed by atoms with Gasteiger partial charge in [0.15, 0.2) is 0 Å². The second kappa shape index (κ2) is 6.40. The Morgan fingerprint density at radius 1 is 1.26 bits per heavy atom. The summed E-state index contributed by atoms with van der Waals surface area (Å²) in [5, 5.41) is 2.38. The molecule has 23 heavy (non-hydrogen) atoms. The molecule has 1 aliphatic carbocycles. The maximum Gasteiger partial charge on any atom is 0.296 e. The van der Waals surface area contributed by atoms with Crippen LogP contribution in [-0.4, -0.2) is 35.7 Å². The van der Waals surface area contributed by atoms with Crippen LogP contribution in [-0.2, 0) is 17.6 Å². The Morgan fingerprint density at radius 2 is 1.96 bits per heavy atom. The minimum Gasteiger partial charge on any atom is -0.316 e. The van der Waals surface area contributed by atoms with E-state index in [9.17, 15) is 14.0 Å². The number of hydrogen-bond acceptors (Lipinski definition) is 3. The molecule has 1 aromatic carbocycles. The Bertz CT molecular complexity index is 651. The molecule has 0 saturated heterocycles.